The molecular weight excluding hydrogens is 336 g/mol. The van der Waals surface area contributed by atoms with E-state index in [4.69, 9.17) is 4.74 Å². The fourth-order valence-electron chi connectivity index (χ4n) is 2.31. The molecule has 2 unspecified atom stereocenters. The van der Waals surface area contributed by atoms with Gasteiger partial charge in [0.2, 0.25) is 0 Å². The molecule has 1 heterocycles. The van der Waals surface area contributed by atoms with E-state index in [2.05, 4.69) is 26.2 Å². The summed E-state index contributed by atoms with van der Waals surface area (Å²) in [6, 6.07) is 6.57. The first-order chi connectivity index (χ1) is 9.88. The monoisotopic (exact) mass is 352 g/mol. The molecule has 2 rings (SSSR count). The summed E-state index contributed by atoms with van der Waals surface area (Å²) < 4.78 is 6.17. The summed E-state index contributed by atoms with van der Waals surface area (Å²) in [7, 11) is 0. The molecule has 0 fully saturated rings. The molecule has 0 saturated carbocycles. The summed E-state index contributed by atoms with van der Waals surface area (Å²) in [6.07, 6.45) is -0.217. The lowest BCUT2D eigenvalue weighted by atomic mass is 9.88. The Morgan fingerprint density at radius 3 is 2.76 bits per heavy atom. The number of hydrogen-bond donors (Lipinski definition) is 1. The van der Waals surface area contributed by atoms with Gasteiger partial charge in [-0.3, -0.25) is 4.79 Å². The van der Waals surface area contributed by atoms with E-state index in [1.807, 2.05) is 24.3 Å². The largest absolute Gasteiger partial charge is 0.462 e. The summed E-state index contributed by atoms with van der Waals surface area (Å²) in [5.74, 6) is -0.990. The van der Waals surface area contributed by atoms with Gasteiger partial charge >= 0.3 is 12.0 Å². The summed E-state index contributed by atoms with van der Waals surface area (Å²) in [5.41, 5.74) is 1.30. The summed E-state index contributed by atoms with van der Waals surface area (Å²) in [6.45, 7) is 5.26. The van der Waals surface area contributed by atoms with Crippen LogP contribution in [0.1, 0.15) is 32.4 Å². The fraction of sp³-hybridized carbons (Fsp3) is 0.400. The number of carbonyl (C=O) groups is 2. The van der Waals surface area contributed by atoms with Crippen molar-refractivity contribution in [1.82, 2.24) is 5.32 Å². The van der Waals surface area contributed by atoms with Gasteiger partial charge in [-0.05, 0) is 38.5 Å². The molecule has 0 aromatic heterocycles. The Bertz CT molecular complexity index is 598. The number of nitrogens with zero attached hydrogens (tertiary/aromatic N) is 1. The van der Waals surface area contributed by atoms with Crippen LogP contribution in [0.15, 0.2) is 33.7 Å². The predicted octanol–water partition coefficient (Wildman–Crippen LogP) is 3.24. The molecule has 1 aliphatic rings. The van der Waals surface area contributed by atoms with Crippen LogP contribution in [0, 0.1) is 5.92 Å². The molecule has 2 amide bonds. The average Bonchev–Trinajstić information content (AvgIpc) is 2.36. The van der Waals surface area contributed by atoms with Crippen LogP contribution in [0.25, 0.3) is 0 Å². The van der Waals surface area contributed by atoms with E-state index >= 15 is 0 Å². The van der Waals surface area contributed by atoms with Crippen LogP contribution in [0.4, 0.5) is 4.79 Å². The van der Waals surface area contributed by atoms with Crippen molar-refractivity contribution in [3.8, 4) is 0 Å². The van der Waals surface area contributed by atoms with Crippen molar-refractivity contribution in [2.24, 2.45) is 10.9 Å². The minimum atomic E-state index is -0.612. The van der Waals surface area contributed by atoms with Gasteiger partial charge < -0.3 is 10.1 Å². The number of ether oxygens (including phenoxy) is 1. The van der Waals surface area contributed by atoms with Crippen LogP contribution in [-0.2, 0) is 9.53 Å². The summed E-state index contributed by atoms with van der Waals surface area (Å²) in [4.78, 5) is 27.8. The number of amides is 2. The molecule has 5 nitrogen and oxygen atoms in total. The van der Waals surface area contributed by atoms with Crippen LogP contribution < -0.4 is 5.32 Å². The second kappa shape index (κ2) is 6.39. The van der Waals surface area contributed by atoms with E-state index in [9.17, 15) is 9.59 Å². The molecular formula is C15H17BrN2O3. The van der Waals surface area contributed by atoms with E-state index < -0.39 is 18.0 Å². The number of hydrogen-bond acceptors (Lipinski definition) is 3. The quantitative estimate of drug-likeness (QED) is 0.849. The molecule has 21 heavy (non-hydrogen) atoms. The van der Waals surface area contributed by atoms with Gasteiger partial charge in [-0.1, -0.05) is 28.1 Å². The van der Waals surface area contributed by atoms with Crippen LogP contribution in [-0.4, -0.2) is 23.8 Å². The van der Waals surface area contributed by atoms with E-state index in [0.29, 0.717) is 5.71 Å². The molecule has 0 radical (unpaired) electrons. The third-order valence-corrected chi connectivity index (χ3v) is 3.65. The zero-order valence-corrected chi connectivity index (χ0v) is 13.7. The van der Waals surface area contributed by atoms with Gasteiger partial charge in [0, 0.05) is 10.2 Å². The van der Waals surface area contributed by atoms with Crippen molar-refractivity contribution in [2.45, 2.75) is 32.9 Å². The Kier molecular flexibility index (Phi) is 4.77. The molecule has 1 N–H and O–H groups in total. The van der Waals surface area contributed by atoms with E-state index in [1.54, 1.807) is 20.8 Å². The third-order valence-electron chi connectivity index (χ3n) is 3.15. The van der Waals surface area contributed by atoms with Gasteiger partial charge in [0.05, 0.1) is 12.1 Å². The molecule has 0 saturated heterocycles. The van der Waals surface area contributed by atoms with Crippen molar-refractivity contribution < 1.29 is 14.3 Å². The van der Waals surface area contributed by atoms with Crippen molar-refractivity contribution in [2.75, 3.05) is 0 Å². The Balaban J connectivity index is 2.38. The Morgan fingerprint density at radius 1 is 1.43 bits per heavy atom. The molecule has 6 heteroatoms. The van der Waals surface area contributed by atoms with Crippen LogP contribution >= 0.6 is 15.9 Å². The summed E-state index contributed by atoms with van der Waals surface area (Å²) in [5, 5.41) is 2.75. The number of carbonyl (C=O) groups excluding carboxylic acids is 2. The number of urea groups is 1. The Labute approximate surface area is 131 Å². The van der Waals surface area contributed by atoms with Gasteiger partial charge in [0.15, 0.2) is 0 Å². The predicted molar refractivity (Wildman–Crippen MR) is 83.2 cm³/mol. The van der Waals surface area contributed by atoms with Gasteiger partial charge in [-0.15, -0.1) is 0 Å². The van der Waals surface area contributed by atoms with Crippen molar-refractivity contribution in [3.63, 3.8) is 0 Å². The number of benzene rings is 1. The lowest BCUT2D eigenvalue weighted by Crippen LogP contribution is -2.44. The first-order valence-electron chi connectivity index (χ1n) is 6.70. The molecule has 0 spiro atoms. The normalized spacial score (nSPS) is 21.8. The highest BCUT2D eigenvalue weighted by Gasteiger charge is 2.38. The lowest BCUT2D eigenvalue weighted by molar-refractivity contribution is -0.150. The van der Waals surface area contributed by atoms with E-state index in [-0.39, 0.29) is 12.1 Å². The van der Waals surface area contributed by atoms with E-state index in [0.717, 1.165) is 10.0 Å². The van der Waals surface area contributed by atoms with Crippen LogP contribution in [0.5, 0.6) is 0 Å². The number of rotatable bonds is 3. The van der Waals surface area contributed by atoms with Crippen molar-refractivity contribution >= 4 is 33.6 Å². The first kappa shape index (κ1) is 15.7. The number of halogens is 1. The number of esters is 1. The Hall–Kier alpha value is -1.69. The highest BCUT2D eigenvalue weighted by atomic mass is 79.9. The lowest BCUT2D eigenvalue weighted by Gasteiger charge is -2.30. The zero-order valence-electron chi connectivity index (χ0n) is 12.1. The maximum absolute atomic E-state index is 12.3. The van der Waals surface area contributed by atoms with Crippen molar-refractivity contribution in [1.29, 1.82) is 0 Å². The first-order valence-corrected chi connectivity index (χ1v) is 7.49. The van der Waals surface area contributed by atoms with Gasteiger partial charge in [-0.2, -0.15) is 0 Å². The molecule has 0 bridgehead atoms. The zero-order chi connectivity index (χ0) is 15.6. The molecule has 1 aromatic carbocycles. The maximum atomic E-state index is 12.3. The third kappa shape index (κ3) is 3.69. The molecule has 112 valence electrons. The molecule has 1 aliphatic heterocycles. The SMILES string of the molecule is CC1=NC(=O)NC(c2cccc(Br)c2)C1C(=O)OC(C)C. The molecule has 2 atom stereocenters. The summed E-state index contributed by atoms with van der Waals surface area (Å²) >= 11 is 3.40. The van der Waals surface area contributed by atoms with Gasteiger partial charge in [0.1, 0.15) is 5.92 Å². The second-order valence-corrected chi connectivity index (χ2v) is 6.11. The van der Waals surface area contributed by atoms with Crippen LogP contribution in [0.3, 0.4) is 0 Å². The highest BCUT2D eigenvalue weighted by Crippen LogP contribution is 2.29. The molecule has 1 aromatic rings. The van der Waals surface area contributed by atoms with Gasteiger partial charge in [0.25, 0.3) is 0 Å². The minimum absolute atomic E-state index is 0.217. The number of aliphatic imine (C=N–C) groups is 1. The van der Waals surface area contributed by atoms with Crippen LogP contribution in [0.2, 0.25) is 0 Å². The highest BCUT2D eigenvalue weighted by molar-refractivity contribution is 9.10. The second-order valence-electron chi connectivity index (χ2n) is 5.20. The maximum Gasteiger partial charge on any atom is 0.341 e. The fourth-order valence-corrected chi connectivity index (χ4v) is 2.72. The minimum Gasteiger partial charge on any atom is -0.462 e. The standard InChI is InChI=1S/C15H17BrN2O3/c1-8(2)21-14(19)12-9(3)17-15(20)18-13(12)10-5-4-6-11(16)7-10/h4-8,12-13H,1-3H3,(H,18,20). The van der Waals surface area contributed by atoms with E-state index in [1.165, 1.54) is 0 Å². The number of nitrogens with one attached hydrogen (secondary N) is 1. The average molecular weight is 353 g/mol. The van der Waals surface area contributed by atoms with Gasteiger partial charge in [-0.25, -0.2) is 9.79 Å². The molecule has 0 aliphatic carbocycles. The van der Waals surface area contributed by atoms with Crippen molar-refractivity contribution in [3.05, 3.63) is 34.3 Å². The topological polar surface area (TPSA) is 67.8 Å². The Morgan fingerprint density at radius 2 is 2.14 bits per heavy atom. The smallest absolute Gasteiger partial charge is 0.341 e.